The molecule has 3 fully saturated rings. The summed E-state index contributed by atoms with van der Waals surface area (Å²) in [6, 6.07) is 10.1. The molecule has 7 rings (SSSR count). The van der Waals surface area contributed by atoms with E-state index in [2.05, 4.69) is 16.3 Å². The molecule has 1 saturated heterocycles. The molecule has 3 N–H and O–H groups in total. The van der Waals surface area contributed by atoms with Crippen molar-refractivity contribution >= 4 is 17.7 Å². The van der Waals surface area contributed by atoms with Gasteiger partial charge in [-0.15, -0.1) is 0 Å². The summed E-state index contributed by atoms with van der Waals surface area (Å²) in [4.78, 5) is 23.4. The first kappa shape index (κ1) is 25.8. The highest BCUT2D eigenvalue weighted by atomic mass is 16.6. The lowest BCUT2D eigenvalue weighted by Gasteiger charge is -2.63. The number of non-ortho nitro benzene ring substituents is 1. The lowest BCUT2D eigenvalue weighted by Crippen LogP contribution is -2.75. The molecule has 2 aromatic rings. The fraction of sp³-hybridized carbons (Fsp3) is 0.500. The third kappa shape index (κ3) is 4.19. The summed E-state index contributed by atoms with van der Waals surface area (Å²) in [5, 5.41) is 35.2. The molecule has 2 bridgehead atoms. The first-order valence-electron chi connectivity index (χ1n) is 13.9. The van der Waals surface area contributed by atoms with Crippen LogP contribution < -0.4 is 10.1 Å². The van der Waals surface area contributed by atoms with E-state index in [9.17, 15) is 25.1 Å². The van der Waals surface area contributed by atoms with Crippen LogP contribution in [0.25, 0.3) is 6.08 Å². The SMILES string of the molecule is CNC(=O)/C=C/c1cccc([N+](=O)[O-])c1.Oc1ccc2c3c1O[C@H]1CCC[C@@]4(O)[C@@H](C2)N(CC2CC2)CC[C@]314. The molecular formula is C30H35N3O6. The van der Waals surface area contributed by atoms with Gasteiger partial charge < -0.3 is 20.3 Å². The Morgan fingerprint density at radius 3 is 2.82 bits per heavy atom. The van der Waals surface area contributed by atoms with Gasteiger partial charge in [-0.2, -0.15) is 0 Å². The summed E-state index contributed by atoms with van der Waals surface area (Å²) in [6.07, 6.45) is 10.3. The van der Waals surface area contributed by atoms with Crippen LogP contribution in [0.4, 0.5) is 5.69 Å². The maximum absolute atomic E-state index is 12.0. The number of likely N-dealkylation sites (tertiary alicyclic amines) is 1. The predicted octanol–water partition coefficient (Wildman–Crippen LogP) is 3.70. The quantitative estimate of drug-likeness (QED) is 0.304. The Bertz CT molecular complexity index is 1340. The molecule has 39 heavy (non-hydrogen) atoms. The van der Waals surface area contributed by atoms with E-state index in [1.165, 1.54) is 49.7 Å². The highest BCUT2D eigenvalue weighted by molar-refractivity contribution is 5.91. The van der Waals surface area contributed by atoms with Gasteiger partial charge in [0.15, 0.2) is 11.5 Å². The minimum absolute atomic E-state index is 0.00839. The number of nitro benzene ring substituents is 1. The summed E-state index contributed by atoms with van der Waals surface area (Å²) in [5.41, 5.74) is 2.08. The minimum Gasteiger partial charge on any atom is -0.504 e. The number of carbonyl (C=O) groups excluding carboxylic acids is 1. The topological polar surface area (TPSA) is 125 Å². The Hall–Kier alpha value is -3.43. The van der Waals surface area contributed by atoms with Crippen molar-refractivity contribution in [2.24, 2.45) is 5.92 Å². The fourth-order valence-electron chi connectivity index (χ4n) is 7.47. The Kier molecular flexibility index (Phi) is 6.38. The van der Waals surface area contributed by atoms with E-state index >= 15 is 0 Å². The number of likely N-dealkylation sites (N-methyl/N-ethyl adjacent to an activating group) is 1. The molecule has 206 valence electrons. The molecule has 5 aliphatic rings. The largest absolute Gasteiger partial charge is 0.504 e. The highest BCUT2D eigenvalue weighted by Gasteiger charge is 2.71. The number of hydrogen-bond acceptors (Lipinski definition) is 7. The molecule has 3 aliphatic carbocycles. The molecule has 9 nitrogen and oxygen atoms in total. The van der Waals surface area contributed by atoms with Gasteiger partial charge in [-0.05, 0) is 80.7 Å². The van der Waals surface area contributed by atoms with Crippen molar-refractivity contribution in [3.8, 4) is 11.5 Å². The maximum Gasteiger partial charge on any atom is 0.270 e. The standard InChI is InChI=1S/C20H25NO3.C10H10N2O3/c22-14-6-5-13-10-15-20(23)7-1-2-16-19(20,17(13)18(14)24-16)8-9-21(15)11-12-3-4-12;1-11-10(13)6-5-8-3-2-4-9(7-8)12(14)15/h5-6,12,15-16,22-23H,1-4,7-11H2;2-7H,1H3,(H,11,13)/b;6-5+/t15-,16+,19-,20-;/m1./s1. The number of piperidine rings is 1. The Morgan fingerprint density at radius 1 is 1.26 bits per heavy atom. The summed E-state index contributed by atoms with van der Waals surface area (Å²) >= 11 is 0. The summed E-state index contributed by atoms with van der Waals surface area (Å²) in [7, 11) is 1.51. The zero-order valence-electron chi connectivity index (χ0n) is 22.1. The van der Waals surface area contributed by atoms with Crippen molar-refractivity contribution in [2.75, 3.05) is 20.1 Å². The number of nitrogens with zero attached hydrogens (tertiary/aromatic N) is 2. The number of nitrogens with one attached hydrogen (secondary N) is 1. The van der Waals surface area contributed by atoms with Gasteiger partial charge in [0.25, 0.3) is 5.69 Å². The number of hydrogen-bond donors (Lipinski definition) is 3. The second kappa shape index (κ2) is 9.64. The normalized spacial score (nSPS) is 30.1. The second-order valence-electron chi connectivity index (χ2n) is 11.6. The number of aliphatic hydroxyl groups is 1. The number of nitro groups is 1. The zero-order valence-corrected chi connectivity index (χ0v) is 22.1. The first-order valence-corrected chi connectivity index (χ1v) is 13.9. The van der Waals surface area contributed by atoms with Crippen LogP contribution in [0.15, 0.2) is 42.5 Å². The minimum atomic E-state index is -0.699. The molecule has 2 saturated carbocycles. The molecular weight excluding hydrogens is 498 g/mol. The number of rotatable bonds is 5. The van der Waals surface area contributed by atoms with Crippen LogP contribution in [0, 0.1) is 16.0 Å². The predicted molar refractivity (Wildman–Crippen MR) is 146 cm³/mol. The number of benzene rings is 2. The van der Waals surface area contributed by atoms with Crippen molar-refractivity contribution in [1.82, 2.24) is 10.2 Å². The van der Waals surface area contributed by atoms with Crippen LogP contribution in [0.5, 0.6) is 11.5 Å². The molecule has 2 heterocycles. The third-order valence-corrected chi connectivity index (χ3v) is 9.42. The van der Waals surface area contributed by atoms with Crippen molar-refractivity contribution in [3.05, 3.63) is 69.3 Å². The van der Waals surface area contributed by atoms with Crippen LogP contribution in [0.1, 0.15) is 55.2 Å². The van der Waals surface area contributed by atoms with E-state index in [4.69, 9.17) is 4.74 Å². The lowest BCUT2D eigenvalue weighted by molar-refractivity contribution is -0.384. The van der Waals surface area contributed by atoms with E-state index in [1.54, 1.807) is 18.2 Å². The number of amides is 1. The second-order valence-corrected chi connectivity index (χ2v) is 11.6. The number of phenolic OH excluding ortho intramolecular Hbond substituents is 1. The van der Waals surface area contributed by atoms with Crippen molar-refractivity contribution in [3.63, 3.8) is 0 Å². The van der Waals surface area contributed by atoms with Crippen molar-refractivity contribution in [1.29, 1.82) is 0 Å². The van der Waals surface area contributed by atoms with Gasteiger partial charge in [0.2, 0.25) is 5.91 Å². The van der Waals surface area contributed by atoms with Crippen LogP contribution >= 0.6 is 0 Å². The molecule has 1 amide bonds. The van der Waals surface area contributed by atoms with Gasteiger partial charge in [0, 0.05) is 43.4 Å². The van der Waals surface area contributed by atoms with Gasteiger partial charge in [-0.3, -0.25) is 19.8 Å². The van der Waals surface area contributed by atoms with E-state index in [1.807, 2.05) is 0 Å². The van der Waals surface area contributed by atoms with Gasteiger partial charge in [0.05, 0.1) is 15.9 Å². The molecule has 2 aromatic carbocycles. The summed E-state index contributed by atoms with van der Waals surface area (Å²) in [6.45, 7) is 2.20. The van der Waals surface area contributed by atoms with Crippen molar-refractivity contribution in [2.45, 2.75) is 68.1 Å². The summed E-state index contributed by atoms with van der Waals surface area (Å²) in [5.74, 6) is 1.52. The smallest absolute Gasteiger partial charge is 0.270 e. The monoisotopic (exact) mass is 533 g/mol. The van der Waals surface area contributed by atoms with Gasteiger partial charge >= 0.3 is 0 Å². The van der Waals surface area contributed by atoms with Crippen LogP contribution in [-0.2, 0) is 16.6 Å². The van der Waals surface area contributed by atoms with Crippen LogP contribution in [0.3, 0.4) is 0 Å². The molecule has 2 aliphatic heterocycles. The first-order chi connectivity index (χ1) is 18.8. The van der Waals surface area contributed by atoms with E-state index in [0.717, 1.165) is 56.7 Å². The van der Waals surface area contributed by atoms with Crippen LogP contribution in [-0.4, -0.2) is 63.8 Å². The average molecular weight is 534 g/mol. The van der Waals surface area contributed by atoms with E-state index in [-0.39, 0.29) is 34.9 Å². The third-order valence-electron chi connectivity index (χ3n) is 9.42. The Labute approximate surface area is 227 Å². The highest BCUT2D eigenvalue weighted by Crippen LogP contribution is 2.65. The van der Waals surface area contributed by atoms with Crippen molar-refractivity contribution < 1.29 is 24.7 Å². The van der Waals surface area contributed by atoms with E-state index < -0.39 is 10.5 Å². The summed E-state index contributed by atoms with van der Waals surface area (Å²) < 4.78 is 6.27. The van der Waals surface area contributed by atoms with Gasteiger partial charge in [-0.1, -0.05) is 18.2 Å². The molecule has 0 unspecified atom stereocenters. The maximum atomic E-state index is 12.0. The molecule has 1 spiro atoms. The fourth-order valence-corrected chi connectivity index (χ4v) is 7.47. The molecule has 0 radical (unpaired) electrons. The van der Waals surface area contributed by atoms with Crippen LogP contribution in [0.2, 0.25) is 0 Å². The number of carbonyl (C=O) groups is 1. The zero-order chi connectivity index (χ0) is 27.4. The molecule has 4 atom stereocenters. The molecule has 0 aromatic heterocycles. The average Bonchev–Trinajstić information content (AvgIpc) is 3.68. The van der Waals surface area contributed by atoms with Gasteiger partial charge in [0.1, 0.15) is 6.10 Å². The molecule has 9 heteroatoms. The van der Waals surface area contributed by atoms with E-state index in [0.29, 0.717) is 11.3 Å². The number of aromatic hydroxyl groups is 1. The number of phenols is 1. The Morgan fingerprint density at radius 2 is 2.08 bits per heavy atom. The van der Waals surface area contributed by atoms with Gasteiger partial charge in [-0.25, -0.2) is 0 Å². The number of ether oxygens (including phenoxy) is 1. The lowest BCUT2D eigenvalue weighted by atomic mass is 9.49. The Balaban J connectivity index is 0.000000161.